The Morgan fingerprint density at radius 3 is 2.55 bits per heavy atom. The van der Waals surface area contributed by atoms with Gasteiger partial charge in [0.15, 0.2) is 9.84 Å². The summed E-state index contributed by atoms with van der Waals surface area (Å²) in [6, 6.07) is 9.19. The minimum absolute atomic E-state index is 0.0546. The predicted molar refractivity (Wildman–Crippen MR) is 79.3 cm³/mol. The second-order valence-electron chi connectivity index (χ2n) is 4.51. The Balaban J connectivity index is 2.37. The molecule has 0 aliphatic heterocycles. The van der Waals surface area contributed by atoms with E-state index in [1.807, 2.05) is 0 Å². The summed E-state index contributed by atoms with van der Waals surface area (Å²) in [5.41, 5.74) is 0.165. The number of nitro groups is 1. The summed E-state index contributed by atoms with van der Waals surface area (Å²) < 4.78 is 22.9. The number of sulfone groups is 1. The van der Waals surface area contributed by atoms with Crippen molar-refractivity contribution in [1.29, 1.82) is 0 Å². The zero-order valence-electron chi connectivity index (χ0n) is 11.5. The van der Waals surface area contributed by atoms with Gasteiger partial charge in [-0.3, -0.25) is 15.1 Å². The largest absolute Gasteiger partial charge is 0.872 e. The highest BCUT2D eigenvalue weighted by molar-refractivity contribution is 7.90. The number of aliphatic imine (C=N–C) groups is 1. The monoisotopic (exact) mass is 319 g/mol. The molecular formula is C14H11N2O5S-. The number of nitro benzene ring substituents is 1. The number of rotatable bonds is 4. The number of non-ortho nitro benzene ring substituents is 1. The average Bonchev–Trinajstić information content (AvgIpc) is 2.45. The third kappa shape index (κ3) is 3.67. The highest BCUT2D eigenvalue weighted by Gasteiger charge is 2.07. The average molecular weight is 319 g/mol. The van der Waals surface area contributed by atoms with Crippen LogP contribution in [0.25, 0.3) is 0 Å². The summed E-state index contributed by atoms with van der Waals surface area (Å²) in [5.74, 6) is -0.409. The fourth-order valence-electron chi connectivity index (χ4n) is 1.69. The lowest BCUT2D eigenvalue weighted by Gasteiger charge is -2.08. The van der Waals surface area contributed by atoms with Gasteiger partial charge in [-0.2, -0.15) is 0 Å². The molecule has 0 saturated carbocycles. The Hall–Kier alpha value is -2.74. The molecule has 0 aromatic heterocycles. The lowest BCUT2D eigenvalue weighted by Crippen LogP contribution is -1.98. The van der Waals surface area contributed by atoms with E-state index in [1.165, 1.54) is 24.4 Å². The molecule has 0 heterocycles. The van der Waals surface area contributed by atoms with Crippen molar-refractivity contribution in [2.24, 2.45) is 4.99 Å². The fraction of sp³-hybridized carbons (Fsp3) is 0.0714. The maximum atomic E-state index is 11.6. The molecule has 0 amide bonds. The van der Waals surface area contributed by atoms with Crippen molar-refractivity contribution in [3.05, 3.63) is 58.1 Å². The smallest absolute Gasteiger partial charge is 0.270 e. The molecule has 0 aliphatic carbocycles. The molecule has 22 heavy (non-hydrogen) atoms. The van der Waals surface area contributed by atoms with E-state index in [0.29, 0.717) is 5.69 Å². The second-order valence-corrected chi connectivity index (χ2v) is 6.52. The molecule has 0 radical (unpaired) electrons. The van der Waals surface area contributed by atoms with Gasteiger partial charge in [-0.25, -0.2) is 8.42 Å². The van der Waals surface area contributed by atoms with Gasteiger partial charge in [-0.1, -0.05) is 17.9 Å². The predicted octanol–water partition coefficient (Wildman–Crippen LogP) is 1.82. The van der Waals surface area contributed by atoms with Crippen LogP contribution in [0.3, 0.4) is 0 Å². The molecular weight excluding hydrogens is 308 g/mol. The maximum absolute atomic E-state index is 11.6. The molecule has 2 aromatic carbocycles. The van der Waals surface area contributed by atoms with Crippen molar-refractivity contribution in [1.82, 2.24) is 0 Å². The SMILES string of the molecule is CS(=O)(=O)c1cccc(N=Cc2cc([N+](=O)[O-])ccc2[O-])c1. The van der Waals surface area contributed by atoms with E-state index in [0.717, 1.165) is 24.5 Å². The third-order valence-electron chi connectivity index (χ3n) is 2.80. The zero-order valence-corrected chi connectivity index (χ0v) is 12.3. The van der Waals surface area contributed by atoms with Gasteiger partial charge in [0.2, 0.25) is 0 Å². The molecule has 0 bridgehead atoms. The van der Waals surface area contributed by atoms with Gasteiger partial charge in [0.05, 0.1) is 15.5 Å². The summed E-state index contributed by atoms with van der Waals surface area (Å²) in [6.07, 6.45) is 2.25. The van der Waals surface area contributed by atoms with E-state index in [1.54, 1.807) is 6.07 Å². The van der Waals surface area contributed by atoms with Gasteiger partial charge in [-0.15, -0.1) is 0 Å². The van der Waals surface area contributed by atoms with Gasteiger partial charge in [0.1, 0.15) is 0 Å². The van der Waals surface area contributed by atoms with E-state index in [4.69, 9.17) is 0 Å². The van der Waals surface area contributed by atoms with E-state index in [-0.39, 0.29) is 16.1 Å². The van der Waals surface area contributed by atoms with Crippen LogP contribution in [0.2, 0.25) is 0 Å². The minimum atomic E-state index is -3.36. The fourth-order valence-corrected chi connectivity index (χ4v) is 2.35. The number of benzene rings is 2. The molecule has 0 fully saturated rings. The topological polar surface area (TPSA) is 113 Å². The van der Waals surface area contributed by atoms with Crippen molar-refractivity contribution in [3.8, 4) is 5.75 Å². The Kier molecular flexibility index (Phi) is 4.22. The summed E-state index contributed by atoms with van der Waals surface area (Å²) >= 11 is 0. The molecule has 0 N–H and O–H groups in total. The van der Waals surface area contributed by atoms with Crippen LogP contribution in [-0.4, -0.2) is 25.8 Å². The number of nitrogens with zero attached hydrogens (tertiary/aromatic N) is 2. The molecule has 0 aliphatic rings. The van der Waals surface area contributed by atoms with Crippen molar-refractivity contribution in [2.75, 3.05) is 6.26 Å². The Morgan fingerprint density at radius 2 is 1.91 bits per heavy atom. The molecule has 2 rings (SSSR count). The number of hydrogen-bond donors (Lipinski definition) is 0. The standard InChI is InChI=1S/C14H12N2O5S/c1-22(20,21)13-4-2-3-11(8-13)15-9-10-7-12(16(18)19)5-6-14(10)17/h2-9,17H,1H3/p-1. The second kappa shape index (κ2) is 5.94. The first-order chi connectivity index (χ1) is 10.3. The zero-order chi connectivity index (χ0) is 16.3. The van der Waals surface area contributed by atoms with Crippen LogP contribution in [0.4, 0.5) is 11.4 Å². The highest BCUT2D eigenvalue weighted by Crippen LogP contribution is 2.21. The van der Waals surface area contributed by atoms with Crippen LogP contribution >= 0.6 is 0 Å². The molecule has 0 spiro atoms. The van der Waals surface area contributed by atoms with E-state index in [2.05, 4.69) is 4.99 Å². The Morgan fingerprint density at radius 1 is 1.18 bits per heavy atom. The molecule has 0 unspecified atom stereocenters. The van der Waals surface area contributed by atoms with Crippen LogP contribution in [0.5, 0.6) is 5.75 Å². The van der Waals surface area contributed by atoms with E-state index < -0.39 is 20.5 Å². The van der Waals surface area contributed by atoms with Gasteiger partial charge in [0, 0.05) is 24.6 Å². The Bertz CT molecular complexity index is 859. The molecule has 2 aromatic rings. The minimum Gasteiger partial charge on any atom is -0.872 e. The first kappa shape index (κ1) is 15.6. The lowest BCUT2D eigenvalue weighted by atomic mass is 10.2. The van der Waals surface area contributed by atoms with Crippen LogP contribution in [0.1, 0.15) is 5.56 Å². The maximum Gasteiger partial charge on any atom is 0.270 e. The molecule has 0 saturated heterocycles. The molecule has 8 heteroatoms. The van der Waals surface area contributed by atoms with Gasteiger partial charge < -0.3 is 5.11 Å². The highest BCUT2D eigenvalue weighted by atomic mass is 32.2. The summed E-state index contributed by atoms with van der Waals surface area (Å²) in [5, 5.41) is 22.3. The van der Waals surface area contributed by atoms with Crippen LogP contribution in [-0.2, 0) is 9.84 Å². The Labute approximate surface area is 126 Å². The van der Waals surface area contributed by atoms with Crippen LogP contribution in [0, 0.1) is 10.1 Å². The van der Waals surface area contributed by atoms with Gasteiger partial charge >= 0.3 is 0 Å². The number of hydrogen-bond acceptors (Lipinski definition) is 6. The summed E-state index contributed by atoms with van der Waals surface area (Å²) in [7, 11) is -3.36. The van der Waals surface area contributed by atoms with Gasteiger partial charge in [0.25, 0.3) is 5.69 Å². The van der Waals surface area contributed by atoms with Crippen LogP contribution in [0.15, 0.2) is 52.4 Å². The van der Waals surface area contributed by atoms with E-state index in [9.17, 15) is 23.6 Å². The normalized spacial score (nSPS) is 11.7. The van der Waals surface area contributed by atoms with Crippen molar-refractivity contribution >= 4 is 27.4 Å². The first-order valence-electron chi connectivity index (χ1n) is 6.07. The van der Waals surface area contributed by atoms with E-state index >= 15 is 0 Å². The van der Waals surface area contributed by atoms with Crippen molar-refractivity contribution in [2.45, 2.75) is 4.90 Å². The third-order valence-corrected chi connectivity index (χ3v) is 3.91. The lowest BCUT2D eigenvalue weighted by molar-refractivity contribution is -0.385. The quantitative estimate of drug-likeness (QED) is 0.484. The first-order valence-corrected chi connectivity index (χ1v) is 7.96. The van der Waals surface area contributed by atoms with Crippen molar-refractivity contribution < 1.29 is 18.4 Å². The van der Waals surface area contributed by atoms with Gasteiger partial charge in [-0.05, 0) is 23.8 Å². The summed E-state index contributed by atoms with van der Waals surface area (Å²) in [6.45, 7) is 0. The molecule has 0 atom stereocenters. The van der Waals surface area contributed by atoms with Crippen molar-refractivity contribution in [3.63, 3.8) is 0 Å². The molecule has 7 nitrogen and oxygen atoms in total. The summed E-state index contributed by atoms with van der Waals surface area (Å²) in [4.78, 5) is 14.2. The molecule has 114 valence electrons. The van der Waals surface area contributed by atoms with Crippen LogP contribution < -0.4 is 5.11 Å².